The molecular formula is C16H19BrN2O. The van der Waals surface area contributed by atoms with Crippen LogP contribution in [-0.2, 0) is 12.8 Å². The van der Waals surface area contributed by atoms with Crippen LogP contribution in [0.1, 0.15) is 17.5 Å². The highest BCUT2D eigenvalue weighted by molar-refractivity contribution is 9.10. The second-order valence-electron chi connectivity index (χ2n) is 4.81. The molecule has 3 nitrogen and oxygen atoms in total. The maximum Gasteiger partial charge on any atom is 0.122 e. The van der Waals surface area contributed by atoms with Crippen molar-refractivity contribution in [3.63, 3.8) is 0 Å². The molecule has 2 N–H and O–H groups in total. The van der Waals surface area contributed by atoms with Crippen LogP contribution in [0.25, 0.3) is 0 Å². The van der Waals surface area contributed by atoms with E-state index in [0.717, 1.165) is 35.0 Å². The van der Waals surface area contributed by atoms with Crippen LogP contribution in [0.2, 0.25) is 0 Å². The first-order valence-corrected chi connectivity index (χ1v) is 7.45. The number of halogens is 1. The molecule has 0 amide bonds. The van der Waals surface area contributed by atoms with Crippen molar-refractivity contribution in [3.8, 4) is 5.75 Å². The Morgan fingerprint density at radius 3 is 2.70 bits per heavy atom. The lowest BCUT2D eigenvalue weighted by atomic mass is 9.99. The lowest BCUT2D eigenvalue weighted by molar-refractivity contribution is 0.407. The van der Waals surface area contributed by atoms with Crippen LogP contribution in [0, 0.1) is 0 Å². The molecule has 0 saturated carbocycles. The molecule has 106 valence electrons. The Kier molecular flexibility index (Phi) is 5.56. The molecular weight excluding hydrogens is 316 g/mol. The quantitative estimate of drug-likeness (QED) is 0.881. The molecule has 2 aromatic rings. The Balaban J connectivity index is 1.94. The largest absolute Gasteiger partial charge is 0.496 e. The van der Waals surface area contributed by atoms with Crippen LogP contribution >= 0.6 is 15.9 Å². The van der Waals surface area contributed by atoms with E-state index in [9.17, 15) is 0 Å². The van der Waals surface area contributed by atoms with E-state index < -0.39 is 0 Å². The number of aryl methyl sites for hydroxylation is 1. The van der Waals surface area contributed by atoms with Gasteiger partial charge in [0.15, 0.2) is 0 Å². The summed E-state index contributed by atoms with van der Waals surface area (Å²) in [5.41, 5.74) is 8.66. The van der Waals surface area contributed by atoms with Gasteiger partial charge in [-0.3, -0.25) is 4.98 Å². The summed E-state index contributed by atoms with van der Waals surface area (Å²) < 4.78 is 6.43. The van der Waals surface area contributed by atoms with Gasteiger partial charge in [0.2, 0.25) is 0 Å². The van der Waals surface area contributed by atoms with E-state index in [0.29, 0.717) is 0 Å². The second kappa shape index (κ2) is 7.41. The van der Waals surface area contributed by atoms with Gasteiger partial charge >= 0.3 is 0 Å². The SMILES string of the molecule is COc1ccc(Br)cc1CC(N)CCc1ccncc1. The zero-order chi connectivity index (χ0) is 14.4. The smallest absolute Gasteiger partial charge is 0.122 e. The van der Waals surface area contributed by atoms with E-state index in [1.54, 1.807) is 7.11 Å². The van der Waals surface area contributed by atoms with Gasteiger partial charge in [-0.25, -0.2) is 0 Å². The summed E-state index contributed by atoms with van der Waals surface area (Å²) in [5.74, 6) is 0.896. The molecule has 0 saturated heterocycles. The molecule has 0 aliphatic heterocycles. The molecule has 0 aliphatic rings. The van der Waals surface area contributed by atoms with Gasteiger partial charge in [-0.2, -0.15) is 0 Å². The Bertz CT molecular complexity index is 545. The first-order chi connectivity index (χ1) is 9.69. The third-order valence-corrected chi connectivity index (χ3v) is 3.77. The number of pyridine rings is 1. The van der Waals surface area contributed by atoms with Gasteiger partial charge < -0.3 is 10.5 Å². The predicted molar refractivity (Wildman–Crippen MR) is 84.9 cm³/mol. The van der Waals surface area contributed by atoms with Crippen molar-refractivity contribution in [3.05, 3.63) is 58.3 Å². The summed E-state index contributed by atoms with van der Waals surface area (Å²) in [6.07, 6.45) is 6.36. The van der Waals surface area contributed by atoms with Crippen LogP contribution < -0.4 is 10.5 Å². The molecule has 0 bridgehead atoms. The first kappa shape index (κ1) is 15.0. The second-order valence-corrected chi connectivity index (χ2v) is 5.73. The van der Waals surface area contributed by atoms with Gasteiger partial charge in [0, 0.05) is 22.9 Å². The highest BCUT2D eigenvalue weighted by Gasteiger charge is 2.09. The number of ether oxygens (including phenoxy) is 1. The van der Waals surface area contributed by atoms with Gasteiger partial charge in [-0.15, -0.1) is 0 Å². The number of rotatable bonds is 6. The maximum atomic E-state index is 6.24. The number of nitrogens with zero attached hydrogens (tertiary/aromatic N) is 1. The molecule has 20 heavy (non-hydrogen) atoms. The van der Waals surface area contributed by atoms with Crippen molar-refractivity contribution < 1.29 is 4.74 Å². The number of methoxy groups -OCH3 is 1. The van der Waals surface area contributed by atoms with Crippen LogP contribution in [0.5, 0.6) is 5.75 Å². The number of nitrogens with two attached hydrogens (primary N) is 1. The topological polar surface area (TPSA) is 48.1 Å². The normalized spacial score (nSPS) is 12.2. The standard InChI is InChI=1S/C16H19BrN2O/c1-20-16-5-3-14(17)10-13(16)11-15(18)4-2-12-6-8-19-9-7-12/h3,5-10,15H,2,4,11,18H2,1H3. The highest BCUT2D eigenvalue weighted by Crippen LogP contribution is 2.24. The summed E-state index contributed by atoms with van der Waals surface area (Å²) in [7, 11) is 1.69. The summed E-state index contributed by atoms with van der Waals surface area (Å²) in [6, 6.07) is 10.2. The molecule has 1 aromatic carbocycles. The molecule has 0 spiro atoms. The third kappa shape index (κ3) is 4.32. The van der Waals surface area contributed by atoms with Crippen LogP contribution in [0.15, 0.2) is 47.2 Å². The average Bonchev–Trinajstić information content (AvgIpc) is 2.46. The fraction of sp³-hybridized carbons (Fsp3) is 0.312. The number of aromatic nitrogens is 1. The third-order valence-electron chi connectivity index (χ3n) is 3.28. The van der Waals surface area contributed by atoms with E-state index in [4.69, 9.17) is 10.5 Å². The van der Waals surface area contributed by atoms with Gasteiger partial charge in [0.05, 0.1) is 7.11 Å². The Morgan fingerprint density at radius 2 is 2.00 bits per heavy atom. The molecule has 0 aliphatic carbocycles. The minimum Gasteiger partial charge on any atom is -0.496 e. The van der Waals surface area contributed by atoms with Crippen LogP contribution in [-0.4, -0.2) is 18.1 Å². The van der Waals surface area contributed by atoms with Crippen LogP contribution in [0.3, 0.4) is 0 Å². The molecule has 4 heteroatoms. The highest BCUT2D eigenvalue weighted by atomic mass is 79.9. The lowest BCUT2D eigenvalue weighted by Gasteiger charge is -2.14. The van der Waals surface area contributed by atoms with Crippen molar-refractivity contribution in [2.24, 2.45) is 5.73 Å². The average molecular weight is 335 g/mol. The Hall–Kier alpha value is -1.39. The van der Waals surface area contributed by atoms with Crippen molar-refractivity contribution in [2.75, 3.05) is 7.11 Å². The van der Waals surface area contributed by atoms with E-state index >= 15 is 0 Å². The predicted octanol–water partition coefficient (Wildman–Crippen LogP) is 3.36. The maximum absolute atomic E-state index is 6.24. The van der Waals surface area contributed by atoms with Gasteiger partial charge in [-0.05, 0) is 60.7 Å². The lowest BCUT2D eigenvalue weighted by Crippen LogP contribution is -2.23. The van der Waals surface area contributed by atoms with Crippen molar-refractivity contribution in [1.29, 1.82) is 0 Å². The summed E-state index contributed by atoms with van der Waals surface area (Å²) in [6.45, 7) is 0. The monoisotopic (exact) mass is 334 g/mol. The summed E-state index contributed by atoms with van der Waals surface area (Å²) >= 11 is 3.49. The van der Waals surface area contributed by atoms with Crippen molar-refractivity contribution in [2.45, 2.75) is 25.3 Å². The fourth-order valence-corrected chi connectivity index (χ4v) is 2.60. The van der Waals surface area contributed by atoms with Crippen molar-refractivity contribution in [1.82, 2.24) is 4.98 Å². The van der Waals surface area contributed by atoms with E-state index in [1.807, 2.05) is 36.7 Å². The zero-order valence-electron chi connectivity index (χ0n) is 11.6. The minimum absolute atomic E-state index is 0.117. The minimum atomic E-state index is 0.117. The summed E-state index contributed by atoms with van der Waals surface area (Å²) in [4.78, 5) is 4.02. The van der Waals surface area contributed by atoms with E-state index in [1.165, 1.54) is 5.56 Å². The molecule has 0 fully saturated rings. The Morgan fingerprint density at radius 1 is 1.25 bits per heavy atom. The zero-order valence-corrected chi connectivity index (χ0v) is 13.1. The molecule has 1 aromatic heterocycles. The van der Waals surface area contributed by atoms with E-state index in [-0.39, 0.29) is 6.04 Å². The molecule has 1 heterocycles. The fourth-order valence-electron chi connectivity index (χ4n) is 2.19. The number of hydrogen-bond acceptors (Lipinski definition) is 3. The van der Waals surface area contributed by atoms with Crippen LogP contribution in [0.4, 0.5) is 0 Å². The number of hydrogen-bond donors (Lipinski definition) is 1. The molecule has 0 radical (unpaired) electrons. The summed E-state index contributed by atoms with van der Waals surface area (Å²) in [5, 5.41) is 0. The van der Waals surface area contributed by atoms with Gasteiger partial charge in [0.25, 0.3) is 0 Å². The molecule has 2 rings (SSSR count). The molecule has 1 atom stereocenters. The van der Waals surface area contributed by atoms with Gasteiger partial charge in [0.1, 0.15) is 5.75 Å². The number of benzene rings is 1. The van der Waals surface area contributed by atoms with Gasteiger partial charge in [-0.1, -0.05) is 15.9 Å². The van der Waals surface area contributed by atoms with E-state index in [2.05, 4.69) is 27.0 Å². The molecule has 1 unspecified atom stereocenters. The van der Waals surface area contributed by atoms with Crippen molar-refractivity contribution >= 4 is 15.9 Å². The Labute approximate surface area is 128 Å². The first-order valence-electron chi connectivity index (χ1n) is 6.66.